The minimum atomic E-state index is -0.149. The summed E-state index contributed by atoms with van der Waals surface area (Å²) in [4.78, 5) is 4.32. The minimum absolute atomic E-state index is 0.149. The first-order valence-corrected chi connectivity index (χ1v) is 6.82. The van der Waals surface area contributed by atoms with Gasteiger partial charge < -0.3 is 14.8 Å². The molecular weight excluding hydrogens is 240 g/mol. The number of nitrogens with one attached hydrogen (secondary N) is 1. The maximum absolute atomic E-state index is 5.89. The van der Waals surface area contributed by atoms with Crippen LogP contribution in [0.3, 0.4) is 0 Å². The first kappa shape index (κ1) is 15.9. The Hall–Kier alpha value is -1.13. The third-order valence-electron chi connectivity index (χ3n) is 3.16. The molecule has 4 nitrogen and oxygen atoms in total. The molecule has 0 aliphatic heterocycles. The fourth-order valence-corrected chi connectivity index (χ4v) is 1.60. The lowest BCUT2D eigenvalue weighted by atomic mass is 10.1. The van der Waals surface area contributed by atoms with Gasteiger partial charge >= 0.3 is 0 Å². The van der Waals surface area contributed by atoms with E-state index < -0.39 is 0 Å². The van der Waals surface area contributed by atoms with Gasteiger partial charge in [0.2, 0.25) is 0 Å². The van der Waals surface area contributed by atoms with Crippen LogP contribution in [-0.2, 0) is 11.3 Å². The standard InChI is InChI=1S/C15H26N2O2/c1-6-16-10-13-11-17-12(2)9-14(13)19-8-7-15(3,4)18-5/h9,11,16H,6-8,10H2,1-5H3. The van der Waals surface area contributed by atoms with Crippen LogP contribution in [0.15, 0.2) is 12.3 Å². The predicted octanol–water partition coefficient (Wildman–Crippen LogP) is 2.69. The summed E-state index contributed by atoms with van der Waals surface area (Å²) in [7, 11) is 1.73. The molecule has 0 fully saturated rings. The Balaban J connectivity index is 2.62. The molecule has 108 valence electrons. The average Bonchev–Trinajstić information content (AvgIpc) is 2.38. The molecule has 1 aromatic rings. The molecule has 0 bridgehead atoms. The molecule has 0 aliphatic rings. The number of ether oxygens (including phenoxy) is 2. The van der Waals surface area contributed by atoms with Crippen molar-refractivity contribution < 1.29 is 9.47 Å². The van der Waals surface area contributed by atoms with Gasteiger partial charge in [0.15, 0.2) is 0 Å². The van der Waals surface area contributed by atoms with E-state index >= 15 is 0 Å². The van der Waals surface area contributed by atoms with Gasteiger partial charge in [-0.05, 0) is 27.3 Å². The SMILES string of the molecule is CCNCc1cnc(C)cc1OCCC(C)(C)OC. The summed E-state index contributed by atoms with van der Waals surface area (Å²) in [5.41, 5.74) is 1.92. The quantitative estimate of drug-likeness (QED) is 0.785. The molecule has 0 amide bonds. The molecule has 1 rings (SSSR count). The number of aromatic nitrogens is 1. The summed E-state index contributed by atoms with van der Waals surface area (Å²) in [6.07, 6.45) is 2.74. The third kappa shape index (κ3) is 5.57. The van der Waals surface area contributed by atoms with Crippen LogP contribution < -0.4 is 10.1 Å². The molecule has 0 unspecified atom stereocenters. The van der Waals surface area contributed by atoms with Crippen molar-refractivity contribution >= 4 is 0 Å². The molecule has 0 spiro atoms. The number of nitrogens with zero attached hydrogens (tertiary/aromatic N) is 1. The van der Waals surface area contributed by atoms with Crippen LogP contribution in [0.25, 0.3) is 0 Å². The van der Waals surface area contributed by atoms with Crippen LogP contribution >= 0.6 is 0 Å². The smallest absolute Gasteiger partial charge is 0.127 e. The first-order valence-electron chi connectivity index (χ1n) is 6.82. The van der Waals surface area contributed by atoms with Crippen LogP contribution in [0.4, 0.5) is 0 Å². The summed E-state index contributed by atoms with van der Waals surface area (Å²) >= 11 is 0. The van der Waals surface area contributed by atoms with Crippen LogP contribution in [0.5, 0.6) is 5.75 Å². The van der Waals surface area contributed by atoms with Crippen molar-refractivity contribution in [3.05, 3.63) is 23.5 Å². The molecule has 4 heteroatoms. The monoisotopic (exact) mass is 266 g/mol. The maximum atomic E-state index is 5.89. The van der Waals surface area contributed by atoms with Crippen molar-refractivity contribution in [2.24, 2.45) is 0 Å². The van der Waals surface area contributed by atoms with Gasteiger partial charge in [-0.15, -0.1) is 0 Å². The van der Waals surface area contributed by atoms with Crippen molar-refractivity contribution in [1.29, 1.82) is 0 Å². The molecule has 19 heavy (non-hydrogen) atoms. The van der Waals surface area contributed by atoms with Gasteiger partial charge in [0, 0.05) is 43.6 Å². The van der Waals surface area contributed by atoms with E-state index in [2.05, 4.69) is 31.1 Å². The second kappa shape index (κ2) is 7.46. The third-order valence-corrected chi connectivity index (χ3v) is 3.16. The molecule has 0 atom stereocenters. The zero-order valence-electron chi connectivity index (χ0n) is 12.7. The Morgan fingerprint density at radius 2 is 2.11 bits per heavy atom. The van der Waals surface area contributed by atoms with E-state index in [9.17, 15) is 0 Å². The summed E-state index contributed by atoms with van der Waals surface area (Å²) in [5, 5.41) is 3.30. The van der Waals surface area contributed by atoms with Crippen LogP contribution in [0.1, 0.15) is 38.4 Å². The van der Waals surface area contributed by atoms with Crippen molar-refractivity contribution in [2.45, 2.75) is 46.3 Å². The lowest BCUT2D eigenvalue weighted by molar-refractivity contribution is 0.00536. The lowest BCUT2D eigenvalue weighted by Gasteiger charge is -2.23. The van der Waals surface area contributed by atoms with Crippen molar-refractivity contribution in [3.8, 4) is 5.75 Å². The average molecular weight is 266 g/mol. The maximum Gasteiger partial charge on any atom is 0.127 e. The molecule has 0 aliphatic carbocycles. The normalized spacial score (nSPS) is 11.6. The van der Waals surface area contributed by atoms with E-state index in [1.54, 1.807) is 7.11 Å². The molecule has 0 saturated heterocycles. The van der Waals surface area contributed by atoms with E-state index in [1.165, 1.54) is 0 Å². The van der Waals surface area contributed by atoms with Crippen molar-refractivity contribution in [1.82, 2.24) is 10.3 Å². The number of methoxy groups -OCH3 is 1. The van der Waals surface area contributed by atoms with Gasteiger partial charge in [-0.1, -0.05) is 6.92 Å². The Morgan fingerprint density at radius 1 is 1.37 bits per heavy atom. The largest absolute Gasteiger partial charge is 0.493 e. The van der Waals surface area contributed by atoms with Crippen LogP contribution in [0, 0.1) is 6.92 Å². The number of hydrogen-bond donors (Lipinski definition) is 1. The molecule has 1 aromatic heterocycles. The lowest BCUT2D eigenvalue weighted by Crippen LogP contribution is -2.25. The highest BCUT2D eigenvalue weighted by molar-refractivity contribution is 5.32. The Labute approximate surface area is 116 Å². The second-order valence-electron chi connectivity index (χ2n) is 5.28. The fraction of sp³-hybridized carbons (Fsp3) is 0.667. The Bertz CT molecular complexity index is 392. The molecule has 1 N–H and O–H groups in total. The van der Waals surface area contributed by atoms with Crippen molar-refractivity contribution in [2.75, 3.05) is 20.3 Å². The Kier molecular flexibility index (Phi) is 6.25. The number of rotatable bonds is 8. The van der Waals surface area contributed by atoms with E-state index in [-0.39, 0.29) is 5.60 Å². The molecular formula is C15H26N2O2. The predicted molar refractivity (Wildman–Crippen MR) is 77.6 cm³/mol. The van der Waals surface area contributed by atoms with Gasteiger partial charge in [-0.25, -0.2) is 0 Å². The van der Waals surface area contributed by atoms with E-state index in [4.69, 9.17) is 9.47 Å². The summed E-state index contributed by atoms with van der Waals surface area (Å²) in [5.74, 6) is 0.917. The first-order chi connectivity index (χ1) is 8.98. The zero-order valence-corrected chi connectivity index (χ0v) is 12.7. The van der Waals surface area contributed by atoms with Crippen LogP contribution in [-0.4, -0.2) is 30.8 Å². The zero-order chi connectivity index (χ0) is 14.3. The van der Waals surface area contributed by atoms with E-state index in [0.29, 0.717) is 6.61 Å². The Morgan fingerprint density at radius 3 is 2.74 bits per heavy atom. The molecule has 1 heterocycles. The highest BCUT2D eigenvalue weighted by atomic mass is 16.5. The van der Waals surface area contributed by atoms with Gasteiger partial charge in [-0.3, -0.25) is 4.98 Å². The highest BCUT2D eigenvalue weighted by Gasteiger charge is 2.16. The number of hydrogen-bond acceptors (Lipinski definition) is 4. The number of aryl methyl sites for hydroxylation is 1. The topological polar surface area (TPSA) is 43.4 Å². The van der Waals surface area contributed by atoms with Gasteiger partial charge in [-0.2, -0.15) is 0 Å². The summed E-state index contributed by atoms with van der Waals surface area (Å²) in [6, 6.07) is 1.99. The molecule has 0 saturated carbocycles. The van der Waals surface area contributed by atoms with Gasteiger partial charge in [0.1, 0.15) is 5.75 Å². The summed E-state index contributed by atoms with van der Waals surface area (Å²) < 4.78 is 11.3. The number of pyridine rings is 1. The van der Waals surface area contributed by atoms with E-state index in [0.717, 1.165) is 36.5 Å². The van der Waals surface area contributed by atoms with E-state index in [1.807, 2.05) is 19.2 Å². The minimum Gasteiger partial charge on any atom is -0.493 e. The van der Waals surface area contributed by atoms with Gasteiger partial charge in [0.25, 0.3) is 0 Å². The second-order valence-corrected chi connectivity index (χ2v) is 5.28. The molecule has 0 aromatic carbocycles. The highest BCUT2D eigenvalue weighted by Crippen LogP contribution is 2.20. The molecule has 0 radical (unpaired) electrons. The van der Waals surface area contributed by atoms with Crippen molar-refractivity contribution in [3.63, 3.8) is 0 Å². The fourth-order valence-electron chi connectivity index (χ4n) is 1.60. The van der Waals surface area contributed by atoms with Crippen LogP contribution in [0.2, 0.25) is 0 Å². The van der Waals surface area contributed by atoms with Gasteiger partial charge in [0.05, 0.1) is 12.2 Å². The summed E-state index contributed by atoms with van der Waals surface area (Å²) in [6.45, 7) is 10.5.